The van der Waals surface area contributed by atoms with Crippen molar-refractivity contribution in [3.8, 4) is 17.0 Å². The standard InChI is InChI=1S/C26H32FN5O5S.2H2/c1-17(2)16-37-20-14-18(13-19(27)15-20)22-6-5-21(25(33)31-38(34,35)23-7-10-28-30-23)24(29-22)32-11-8-26(3,36-4)9-12-32;;/h5-7,10,13-15,17H,8-9,11-12,16H2,1-4H3,(H,28,30)(H,31,33);2*1H. The summed E-state index contributed by atoms with van der Waals surface area (Å²) in [6.45, 7) is 7.50. The lowest BCUT2D eigenvalue weighted by Crippen LogP contribution is -2.45. The van der Waals surface area contributed by atoms with Crippen molar-refractivity contribution in [2.45, 2.75) is 44.2 Å². The highest BCUT2D eigenvalue weighted by Gasteiger charge is 2.32. The highest BCUT2D eigenvalue weighted by atomic mass is 32.2. The van der Waals surface area contributed by atoms with E-state index >= 15 is 0 Å². The number of hydrogen-bond donors (Lipinski definition) is 2. The van der Waals surface area contributed by atoms with Crippen LogP contribution in [0.2, 0.25) is 0 Å². The number of nitrogens with zero attached hydrogens (tertiary/aromatic N) is 3. The van der Waals surface area contributed by atoms with Crippen molar-refractivity contribution in [1.82, 2.24) is 19.9 Å². The van der Waals surface area contributed by atoms with Crippen LogP contribution in [0, 0.1) is 11.7 Å². The first-order chi connectivity index (χ1) is 18.0. The number of halogens is 1. The van der Waals surface area contributed by atoms with E-state index in [2.05, 4.69) is 14.9 Å². The zero-order chi connectivity index (χ0) is 27.5. The highest BCUT2D eigenvalue weighted by Crippen LogP contribution is 2.32. The lowest BCUT2D eigenvalue weighted by molar-refractivity contribution is -0.0133. The van der Waals surface area contributed by atoms with Gasteiger partial charge in [-0.15, -0.1) is 0 Å². The number of aromatic amines is 1. The van der Waals surface area contributed by atoms with Crippen molar-refractivity contribution >= 4 is 21.7 Å². The first-order valence-electron chi connectivity index (χ1n) is 12.3. The van der Waals surface area contributed by atoms with E-state index in [9.17, 15) is 17.6 Å². The first kappa shape index (κ1) is 27.5. The van der Waals surface area contributed by atoms with Gasteiger partial charge in [0.25, 0.3) is 15.9 Å². The van der Waals surface area contributed by atoms with Gasteiger partial charge in [-0.1, -0.05) is 13.8 Å². The number of benzene rings is 1. The van der Waals surface area contributed by atoms with Crippen LogP contribution in [0.15, 0.2) is 47.6 Å². The Morgan fingerprint density at radius 1 is 1.24 bits per heavy atom. The predicted molar refractivity (Wildman–Crippen MR) is 144 cm³/mol. The van der Waals surface area contributed by atoms with E-state index in [-0.39, 0.29) is 25.0 Å². The molecule has 0 aliphatic carbocycles. The minimum atomic E-state index is -4.17. The normalized spacial score (nSPS) is 15.5. The fraction of sp³-hybridized carbons (Fsp3) is 0.423. The van der Waals surface area contributed by atoms with Gasteiger partial charge in [0.05, 0.1) is 29.7 Å². The third kappa shape index (κ3) is 6.30. The van der Waals surface area contributed by atoms with Gasteiger partial charge in [-0.25, -0.2) is 14.1 Å². The van der Waals surface area contributed by atoms with E-state index in [1.54, 1.807) is 19.2 Å². The zero-order valence-corrected chi connectivity index (χ0v) is 22.6. The number of rotatable bonds is 9. The number of methoxy groups -OCH3 is 1. The van der Waals surface area contributed by atoms with Crippen LogP contribution >= 0.6 is 0 Å². The number of amides is 1. The van der Waals surface area contributed by atoms with Crippen LogP contribution in [0.1, 0.15) is 46.8 Å². The van der Waals surface area contributed by atoms with Crippen molar-refractivity contribution in [2.24, 2.45) is 5.92 Å². The molecule has 0 atom stereocenters. The maximum Gasteiger partial charge on any atom is 0.281 e. The Bertz CT molecular complexity index is 1400. The van der Waals surface area contributed by atoms with Crippen LogP contribution in [-0.4, -0.2) is 61.9 Å². The molecular weight excluding hydrogens is 513 g/mol. The van der Waals surface area contributed by atoms with Crippen LogP contribution < -0.4 is 14.4 Å². The molecule has 0 radical (unpaired) electrons. The number of nitrogens with one attached hydrogen (secondary N) is 2. The number of H-pyrrole nitrogens is 1. The number of aromatic nitrogens is 3. The third-order valence-electron chi connectivity index (χ3n) is 6.48. The predicted octanol–water partition coefficient (Wildman–Crippen LogP) is 4.26. The van der Waals surface area contributed by atoms with Crippen LogP contribution in [0.4, 0.5) is 10.2 Å². The molecule has 1 saturated heterocycles. The van der Waals surface area contributed by atoms with Gasteiger partial charge in [-0.05, 0) is 56.0 Å². The molecular formula is C26H36FN5O5S. The number of carbonyl (C=O) groups is 1. The smallest absolute Gasteiger partial charge is 0.281 e. The fourth-order valence-corrected chi connectivity index (χ4v) is 4.98. The molecule has 208 valence electrons. The number of anilines is 1. The Kier molecular flexibility index (Phi) is 8.02. The highest BCUT2D eigenvalue weighted by molar-refractivity contribution is 7.90. The molecule has 1 aliphatic rings. The Labute approximate surface area is 224 Å². The second kappa shape index (κ2) is 11.1. The average Bonchev–Trinajstić information content (AvgIpc) is 3.43. The summed E-state index contributed by atoms with van der Waals surface area (Å²) in [6, 6.07) is 8.65. The first-order valence-corrected chi connectivity index (χ1v) is 13.8. The minimum Gasteiger partial charge on any atom is -0.493 e. The molecule has 2 N–H and O–H groups in total. The number of piperidine rings is 1. The number of pyridine rings is 1. The largest absolute Gasteiger partial charge is 0.493 e. The summed E-state index contributed by atoms with van der Waals surface area (Å²) < 4.78 is 53.2. The van der Waals surface area contributed by atoms with E-state index in [0.717, 1.165) is 0 Å². The fourth-order valence-electron chi connectivity index (χ4n) is 4.10. The molecule has 4 rings (SSSR count). The van der Waals surface area contributed by atoms with E-state index < -0.39 is 21.7 Å². The Morgan fingerprint density at radius 2 is 1.97 bits per heavy atom. The van der Waals surface area contributed by atoms with Crippen molar-refractivity contribution in [3.05, 3.63) is 54.0 Å². The van der Waals surface area contributed by atoms with Crippen LogP contribution in [0.3, 0.4) is 0 Å². The molecule has 1 aromatic carbocycles. The van der Waals surface area contributed by atoms with Gasteiger partial charge in [-0.2, -0.15) is 13.5 Å². The van der Waals surface area contributed by atoms with Crippen molar-refractivity contribution in [1.29, 1.82) is 0 Å². The molecule has 0 unspecified atom stereocenters. The van der Waals surface area contributed by atoms with Gasteiger partial charge < -0.3 is 14.4 Å². The molecule has 1 amide bonds. The summed E-state index contributed by atoms with van der Waals surface area (Å²) in [5.41, 5.74) is 0.652. The topological polar surface area (TPSA) is 127 Å². The molecule has 12 heteroatoms. The summed E-state index contributed by atoms with van der Waals surface area (Å²) >= 11 is 0. The summed E-state index contributed by atoms with van der Waals surface area (Å²) in [6.07, 6.45) is 2.63. The molecule has 0 spiro atoms. The van der Waals surface area contributed by atoms with Crippen LogP contribution in [-0.2, 0) is 14.8 Å². The van der Waals surface area contributed by atoms with Crippen molar-refractivity contribution < 1.29 is 29.9 Å². The Balaban J connectivity index is 0.00000280. The molecule has 38 heavy (non-hydrogen) atoms. The SMILES string of the molecule is COC1(C)CCN(c2nc(-c3cc(F)cc(OCC(C)C)c3)ccc2C(=O)NS(=O)(=O)c2ccn[nH]2)CC1.[HH].[HH]. The maximum absolute atomic E-state index is 14.5. The summed E-state index contributed by atoms with van der Waals surface area (Å²) in [7, 11) is -2.51. The molecule has 1 fully saturated rings. The van der Waals surface area contributed by atoms with E-state index in [4.69, 9.17) is 14.5 Å². The second-order valence-corrected chi connectivity index (χ2v) is 11.6. The number of ether oxygens (including phenoxy) is 2. The van der Waals surface area contributed by atoms with Crippen molar-refractivity contribution in [2.75, 3.05) is 31.7 Å². The van der Waals surface area contributed by atoms with E-state index in [0.29, 0.717) is 55.4 Å². The maximum atomic E-state index is 14.5. The van der Waals surface area contributed by atoms with Gasteiger partial charge in [-0.3, -0.25) is 9.89 Å². The zero-order valence-electron chi connectivity index (χ0n) is 21.8. The molecule has 3 aromatic rings. The third-order valence-corrected chi connectivity index (χ3v) is 7.74. The lowest BCUT2D eigenvalue weighted by Gasteiger charge is -2.39. The van der Waals surface area contributed by atoms with Gasteiger partial charge in [0, 0.05) is 34.7 Å². The minimum absolute atomic E-state index is 0. The molecule has 1 aliphatic heterocycles. The summed E-state index contributed by atoms with van der Waals surface area (Å²) in [4.78, 5) is 19.8. The Morgan fingerprint density at radius 3 is 2.61 bits per heavy atom. The van der Waals surface area contributed by atoms with Gasteiger partial charge in [0.1, 0.15) is 17.4 Å². The molecule has 3 heterocycles. The molecule has 0 saturated carbocycles. The second-order valence-electron chi connectivity index (χ2n) is 9.94. The van der Waals surface area contributed by atoms with Gasteiger partial charge >= 0.3 is 0 Å². The quantitative estimate of drug-likeness (QED) is 0.405. The number of hydrogen-bond acceptors (Lipinski definition) is 8. The van der Waals surface area contributed by atoms with Crippen molar-refractivity contribution in [3.63, 3.8) is 0 Å². The number of sulfonamides is 1. The summed E-state index contributed by atoms with van der Waals surface area (Å²) in [5, 5.41) is 5.74. The van der Waals surface area contributed by atoms with E-state index in [1.807, 2.05) is 25.7 Å². The monoisotopic (exact) mass is 549 g/mol. The molecule has 10 nitrogen and oxygen atoms in total. The number of carbonyl (C=O) groups excluding carboxylic acids is 1. The van der Waals surface area contributed by atoms with Crippen LogP contribution in [0.5, 0.6) is 5.75 Å². The average molecular weight is 550 g/mol. The van der Waals surface area contributed by atoms with Gasteiger partial charge in [0.15, 0.2) is 5.03 Å². The molecule has 0 bridgehead atoms. The molecule has 2 aromatic heterocycles. The lowest BCUT2D eigenvalue weighted by atomic mass is 9.93. The van der Waals surface area contributed by atoms with E-state index in [1.165, 1.54) is 30.5 Å². The Hall–Kier alpha value is -3.51. The summed E-state index contributed by atoms with van der Waals surface area (Å²) in [5.74, 6) is -0.385. The van der Waals surface area contributed by atoms with Crippen LogP contribution in [0.25, 0.3) is 11.3 Å². The van der Waals surface area contributed by atoms with Gasteiger partial charge in [0.2, 0.25) is 0 Å².